The molecule has 3 fully saturated rings. The maximum atomic E-state index is 13.0. The molecule has 3 aliphatic rings. The van der Waals surface area contributed by atoms with Crippen LogP contribution in [0.4, 0.5) is 5.69 Å². The number of carbonyl (C=O) groups excluding carboxylic acids is 1. The molecule has 2 bridgehead atoms. The first-order valence-electron chi connectivity index (χ1n) is 8.73. The SMILES string of the molecule is O=C(O)C1C2CCC(O2)C1C(=O)N1CCN(c2ccccc2Cl)CC1. The summed E-state index contributed by atoms with van der Waals surface area (Å²) in [6, 6.07) is 7.68. The maximum absolute atomic E-state index is 13.0. The number of hydrogen-bond acceptors (Lipinski definition) is 4. The Kier molecular flexibility index (Phi) is 4.33. The fraction of sp³-hybridized carbons (Fsp3) is 0.556. The van der Waals surface area contributed by atoms with Crippen LogP contribution in [0, 0.1) is 11.8 Å². The van der Waals surface area contributed by atoms with E-state index < -0.39 is 17.8 Å². The molecule has 0 saturated carbocycles. The molecule has 7 heteroatoms. The number of amides is 1. The van der Waals surface area contributed by atoms with Crippen LogP contribution in [0.2, 0.25) is 5.02 Å². The predicted octanol–water partition coefficient (Wildman–Crippen LogP) is 1.87. The standard InChI is InChI=1S/C18H21ClN2O4/c19-11-3-1-2-4-12(11)20-7-9-21(10-8-20)17(22)15-13-5-6-14(25-13)16(15)18(23)24/h1-4,13-16H,5-10H2,(H,23,24). The van der Waals surface area contributed by atoms with Crippen molar-refractivity contribution in [3.05, 3.63) is 29.3 Å². The molecule has 134 valence electrons. The third kappa shape index (κ3) is 2.87. The number of halogens is 1. The van der Waals surface area contributed by atoms with Crippen LogP contribution < -0.4 is 4.90 Å². The highest BCUT2D eigenvalue weighted by Gasteiger charge is 2.56. The van der Waals surface area contributed by atoms with Gasteiger partial charge >= 0.3 is 5.97 Å². The zero-order valence-electron chi connectivity index (χ0n) is 13.8. The molecule has 0 spiro atoms. The van der Waals surface area contributed by atoms with Crippen molar-refractivity contribution in [1.82, 2.24) is 4.90 Å². The van der Waals surface area contributed by atoms with Gasteiger partial charge in [-0.2, -0.15) is 0 Å². The minimum Gasteiger partial charge on any atom is -0.481 e. The van der Waals surface area contributed by atoms with Crippen LogP contribution in [0.3, 0.4) is 0 Å². The molecular formula is C18H21ClN2O4. The van der Waals surface area contributed by atoms with Crippen molar-refractivity contribution < 1.29 is 19.4 Å². The third-order valence-corrected chi connectivity index (χ3v) is 5.95. The van der Waals surface area contributed by atoms with Gasteiger partial charge < -0.3 is 19.6 Å². The Hall–Kier alpha value is -1.79. The van der Waals surface area contributed by atoms with Crippen molar-refractivity contribution in [2.24, 2.45) is 11.8 Å². The van der Waals surface area contributed by atoms with Gasteiger partial charge in [0.2, 0.25) is 5.91 Å². The molecule has 25 heavy (non-hydrogen) atoms. The van der Waals surface area contributed by atoms with Crippen LogP contribution in [0.1, 0.15) is 12.8 Å². The number of rotatable bonds is 3. The molecular weight excluding hydrogens is 344 g/mol. The summed E-state index contributed by atoms with van der Waals surface area (Å²) in [4.78, 5) is 28.5. The molecule has 3 saturated heterocycles. The van der Waals surface area contributed by atoms with E-state index in [0.29, 0.717) is 31.2 Å². The summed E-state index contributed by atoms with van der Waals surface area (Å²) in [6.45, 7) is 2.53. The molecule has 1 aromatic rings. The van der Waals surface area contributed by atoms with Crippen molar-refractivity contribution in [3.8, 4) is 0 Å². The Balaban J connectivity index is 1.43. The smallest absolute Gasteiger partial charge is 0.310 e. The lowest BCUT2D eigenvalue weighted by atomic mass is 9.78. The number of benzene rings is 1. The number of carbonyl (C=O) groups is 2. The van der Waals surface area contributed by atoms with E-state index in [-0.39, 0.29) is 18.1 Å². The number of piperazine rings is 1. The van der Waals surface area contributed by atoms with Crippen molar-refractivity contribution in [3.63, 3.8) is 0 Å². The van der Waals surface area contributed by atoms with E-state index in [1.807, 2.05) is 24.3 Å². The molecule has 1 N–H and O–H groups in total. The minimum atomic E-state index is -0.916. The Morgan fingerprint density at radius 2 is 1.68 bits per heavy atom. The molecule has 4 unspecified atom stereocenters. The molecule has 0 radical (unpaired) electrons. The average molecular weight is 365 g/mol. The van der Waals surface area contributed by atoms with Crippen molar-refractivity contribution >= 4 is 29.2 Å². The van der Waals surface area contributed by atoms with Gasteiger partial charge in [0, 0.05) is 26.2 Å². The Morgan fingerprint density at radius 1 is 1.04 bits per heavy atom. The summed E-state index contributed by atoms with van der Waals surface area (Å²) >= 11 is 6.25. The van der Waals surface area contributed by atoms with E-state index in [1.165, 1.54) is 0 Å². The first-order chi connectivity index (χ1) is 12.1. The predicted molar refractivity (Wildman–Crippen MR) is 92.8 cm³/mol. The Bertz CT molecular complexity index is 689. The largest absolute Gasteiger partial charge is 0.481 e. The summed E-state index contributed by atoms with van der Waals surface area (Å²) in [5, 5.41) is 10.2. The molecule has 1 aromatic carbocycles. The van der Waals surface area contributed by atoms with Crippen LogP contribution in [-0.4, -0.2) is 60.3 Å². The first-order valence-corrected chi connectivity index (χ1v) is 9.10. The lowest BCUT2D eigenvalue weighted by Crippen LogP contribution is -2.53. The highest BCUT2D eigenvalue weighted by atomic mass is 35.5. The van der Waals surface area contributed by atoms with Crippen LogP contribution in [0.15, 0.2) is 24.3 Å². The fourth-order valence-corrected chi connectivity index (χ4v) is 4.65. The number of aliphatic carboxylic acids is 1. The second-order valence-electron chi connectivity index (χ2n) is 6.94. The third-order valence-electron chi connectivity index (χ3n) is 5.63. The number of carboxylic acid groups (broad SMARTS) is 1. The number of fused-ring (bicyclic) bond motifs is 2. The molecule has 4 rings (SSSR count). The van der Waals surface area contributed by atoms with Crippen LogP contribution in [-0.2, 0) is 14.3 Å². The maximum Gasteiger partial charge on any atom is 0.310 e. The van der Waals surface area contributed by atoms with Gasteiger partial charge in [0.1, 0.15) is 0 Å². The van der Waals surface area contributed by atoms with E-state index in [2.05, 4.69) is 4.90 Å². The van der Waals surface area contributed by atoms with Crippen LogP contribution >= 0.6 is 11.6 Å². The first kappa shape index (κ1) is 16.7. The number of ether oxygens (including phenoxy) is 1. The van der Waals surface area contributed by atoms with Gasteiger partial charge in [0.25, 0.3) is 0 Å². The van der Waals surface area contributed by atoms with Crippen LogP contribution in [0.5, 0.6) is 0 Å². The van der Waals surface area contributed by atoms with Gasteiger partial charge in [0.15, 0.2) is 0 Å². The van der Waals surface area contributed by atoms with Gasteiger partial charge in [-0.1, -0.05) is 23.7 Å². The monoisotopic (exact) mass is 364 g/mol. The summed E-state index contributed by atoms with van der Waals surface area (Å²) in [7, 11) is 0. The second kappa shape index (κ2) is 6.50. The summed E-state index contributed by atoms with van der Waals surface area (Å²) in [5.74, 6) is -2.23. The van der Waals surface area contributed by atoms with Gasteiger partial charge in [-0.05, 0) is 25.0 Å². The Labute approximate surface area is 151 Å². The highest BCUT2D eigenvalue weighted by Crippen LogP contribution is 2.44. The number of anilines is 1. The van der Waals surface area contributed by atoms with E-state index in [4.69, 9.17) is 16.3 Å². The number of para-hydroxylation sites is 1. The minimum absolute atomic E-state index is 0.0709. The quantitative estimate of drug-likeness (QED) is 0.886. The molecule has 6 nitrogen and oxygen atoms in total. The molecule has 4 atom stereocenters. The van der Waals surface area contributed by atoms with Gasteiger partial charge in [-0.15, -0.1) is 0 Å². The summed E-state index contributed by atoms with van der Waals surface area (Å²) < 4.78 is 5.72. The van der Waals surface area contributed by atoms with Gasteiger partial charge in [0.05, 0.1) is 34.8 Å². The highest BCUT2D eigenvalue weighted by molar-refractivity contribution is 6.33. The van der Waals surface area contributed by atoms with E-state index >= 15 is 0 Å². The normalized spacial score (nSPS) is 31.4. The number of hydrogen-bond donors (Lipinski definition) is 1. The average Bonchev–Trinajstić information content (AvgIpc) is 3.23. The summed E-state index contributed by atoms with van der Waals surface area (Å²) in [5.41, 5.74) is 0.975. The zero-order valence-corrected chi connectivity index (χ0v) is 14.6. The van der Waals surface area contributed by atoms with Crippen molar-refractivity contribution in [1.29, 1.82) is 0 Å². The van der Waals surface area contributed by atoms with Gasteiger partial charge in [-0.3, -0.25) is 9.59 Å². The number of carboxylic acids is 1. The van der Waals surface area contributed by atoms with Crippen LogP contribution in [0.25, 0.3) is 0 Å². The lowest BCUT2D eigenvalue weighted by Gasteiger charge is -2.38. The fourth-order valence-electron chi connectivity index (χ4n) is 4.39. The van der Waals surface area contributed by atoms with Gasteiger partial charge in [-0.25, -0.2) is 0 Å². The van der Waals surface area contributed by atoms with Crippen molar-refractivity contribution in [2.75, 3.05) is 31.1 Å². The molecule has 0 aromatic heterocycles. The topological polar surface area (TPSA) is 70.1 Å². The van der Waals surface area contributed by atoms with E-state index in [1.54, 1.807) is 4.90 Å². The van der Waals surface area contributed by atoms with E-state index in [9.17, 15) is 14.7 Å². The summed E-state index contributed by atoms with van der Waals surface area (Å²) in [6.07, 6.45) is 0.983. The number of nitrogens with zero attached hydrogens (tertiary/aromatic N) is 2. The van der Waals surface area contributed by atoms with Crippen molar-refractivity contribution in [2.45, 2.75) is 25.0 Å². The molecule has 1 amide bonds. The zero-order chi connectivity index (χ0) is 17.6. The molecule has 3 heterocycles. The molecule has 0 aliphatic carbocycles. The second-order valence-corrected chi connectivity index (χ2v) is 7.35. The Morgan fingerprint density at radius 3 is 2.32 bits per heavy atom. The lowest BCUT2D eigenvalue weighted by molar-refractivity contribution is -0.151. The molecule has 3 aliphatic heterocycles. The van der Waals surface area contributed by atoms with E-state index in [0.717, 1.165) is 18.5 Å².